The fourth-order valence-electron chi connectivity index (χ4n) is 2.26. The van der Waals surface area contributed by atoms with E-state index in [0.717, 1.165) is 18.8 Å². The Hall–Kier alpha value is -1.79. The summed E-state index contributed by atoms with van der Waals surface area (Å²) < 4.78 is 5.31. The zero-order valence-electron chi connectivity index (χ0n) is 11.1. The third-order valence-electron chi connectivity index (χ3n) is 3.30. The van der Waals surface area contributed by atoms with Gasteiger partial charge in [0.15, 0.2) is 0 Å². The van der Waals surface area contributed by atoms with Gasteiger partial charge in [-0.1, -0.05) is 23.3 Å². The molecular weight excluding hydrogens is 260 g/mol. The molecule has 0 spiro atoms. The second-order valence-electron chi connectivity index (χ2n) is 4.58. The Morgan fingerprint density at radius 2 is 2.00 bits per heavy atom. The summed E-state index contributed by atoms with van der Waals surface area (Å²) in [5.41, 5.74) is 9.78. The Labute approximate surface area is 117 Å². The quantitative estimate of drug-likeness (QED) is 0.480. The van der Waals surface area contributed by atoms with Crippen molar-refractivity contribution in [2.75, 3.05) is 37.7 Å². The van der Waals surface area contributed by atoms with Crippen LogP contribution in [0, 0.1) is 0 Å². The molecule has 20 heavy (non-hydrogen) atoms. The van der Waals surface area contributed by atoms with Crippen molar-refractivity contribution in [2.24, 2.45) is 5.11 Å². The van der Waals surface area contributed by atoms with Crippen LogP contribution >= 0.6 is 0 Å². The second-order valence-corrected chi connectivity index (χ2v) is 4.58. The van der Waals surface area contributed by atoms with Gasteiger partial charge in [-0.2, -0.15) is 0 Å². The fraction of sp³-hybridized carbons (Fsp3) is 0.538. The highest BCUT2D eigenvalue weighted by Gasteiger charge is 2.23. The summed E-state index contributed by atoms with van der Waals surface area (Å²) >= 11 is 0. The summed E-state index contributed by atoms with van der Waals surface area (Å²) in [4.78, 5) is 4.70. The average Bonchev–Trinajstić information content (AvgIpc) is 2.52. The third-order valence-corrected chi connectivity index (χ3v) is 3.30. The molecule has 1 aliphatic heterocycles. The molecule has 0 aliphatic carbocycles. The molecule has 1 aromatic carbocycles. The fourth-order valence-corrected chi connectivity index (χ4v) is 2.26. The number of azide groups is 1. The molecule has 2 unspecified atom stereocenters. The van der Waals surface area contributed by atoms with Crippen molar-refractivity contribution in [3.63, 3.8) is 0 Å². The Morgan fingerprint density at radius 3 is 2.70 bits per heavy atom. The van der Waals surface area contributed by atoms with E-state index < -0.39 is 12.2 Å². The lowest BCUT2D eigenvalue weighted by Gasteiger charge is -2.32. The van der Waals surface area contributed by atoms with E-state index in [2.05, 4.69) is 14.9 Å². The molecule has 7 heteroatoms. The maximum Gasteiger partial charge on any atom is 0.107 e. The van der Waals surface area contributed by atoms with Crippen LogP contribution in [0.1, 0.15) is 11.7 Å². The third kappa shape index (κ3) is 3.40. The maximum atomic E-state index is 10.2. The van der Waals surface area contributed by atoms with E-state index in [9.17, 15) is 10.2 Å². The van der Waals surface area contributed by atoms with E-state index in [1.165, 1.54) is 0 Å². The number of nitrogens with zero attached hydrogens (tertiary/aromatic N) is 4. The van der Waals surface area contributed by atoms with Crippen LogP contribution in [0.3, 0.4) is 0 Å². The lowest BCUT2D eigenvalue weighted by Crippen LogP contribution is -2.37. The van der Waals surface area contributed by atoms with Crippen molar-refractivity contribution in [1.29, 1.82) is 0 Å². The number of aliphatic hydroxyl groups is 2. The molecule has 108 valence electrons. The first kappa shape index (κ1) is 14.6. The lowest BCUT2D eigenvalue weighted by atomic mass is 10.0. The molecule has 1 saturated heterocycles. The number of morpholine rings is 1. The van der Waals surface area contributed by atoms with Crippen LogP contribution in [0.25, 0.3) is 10.4 Å². The Bertz CT molecular complexity index is 484. The number of hydrogen-bond acceptors (Lipinski definition) is 5. The predicted molar refractivity (Wildman–Crippen MR) is 74.5 cm³/mol. The number of ether oxygens (including phenoxy) is 1. The molecule has 1 heterocycles. The molecule has 0 saturated carbocycles. The summed E-state index contributed by atoms with van der Waals surface area (Å²) in [6.07, 6.45) is -2.20. The highest BCUT2D eigenvalue weighted by atomic mass is 16.5. The van der Waals surface area contributed by atoms with Gasteiger partial charge >= 0.3 is 0 Å². The average molecular weight is 278 g/mol. The number of para-hydroxylation sites is 1. The van der Waals surface area contributed by atoms with Crippen molar-refractivity contribution in [3.05, 3.63) is 40.3 Å². The van der Waals surface area contributed by atoms with E-state index in [1.807, 2.05) is 18.2 Å². The number of hydrogen-bond donors (Lipinski definition) is 2. The Kier molecular flexibility index (Phi) is 5.20. The normalized spacial score (nSPS) is 18.2. The smallest absolute Gasteiger partial charge is 0.107 e. The first-order chi connectivity index (χ1) is 9.74. The van der Waals surface area contributed by atoms with Gasteiger partial charge in [-0.25, -0.2) is 0 Å². The van der Waals surface area contributed by atoms with Gasteiger partial charge in [-0.05, 0) is 11.6 Å². The minimum Gasteiger partial charge on any atom is -0.390 e. The summed E-state index contributed by atoms with van der Waals surface area (Å²) in [5, 5.41) is 23.4. The van der Waals surface area contributed by atoms with Crippen LogP contribution in [0.4, 0.5) is 5.69 Å². The Morgan fingerprint density at radius 1 is 1.30 bits per heavy atom. The van der Waals surface area contributed by atoms with Crippen LogP contribution in [-0.4, -0.2) is 49.2 Å². The lowest BCUT2D eigenvalue weighted by molar-refractivity contribution is 0.0245. The van der Waals surface area contributed by atoms with Gasteiger partial charge < -0.3 is 19.8 Å². The molecule has 2 rings (SSSR count). The summed E-state index contributed by atoms with van der Waals surface area (Å²) in [7, 11) is 0. The predicted octanol–water partition coefficient (Wildman–Crippen LogP) is 1.23. The molecule has 0 bridgehead atoms. The number of benzene rings is 1. The zero-order chi connectivity index (χ0) is 14.4. The van der Waals surface area contributed by atoms with Crippen molar-refractivity contribution >= 4 is 5.69 Å². The topological polar surface area (TPSA) is 102 Å². The maximum absolute atomic E-state index is 10.2. The van der Waals surface area contributed by atoms with Crippen LogP contribution in [0.5, 0.6) is 0 Å². The van der Waals surface area contributed by atoms with E-state index in [4.69, 9.17) is 10.3 Å². The van der Waals surface area contributed by atoms with Gasteiger partial charge in [0.05, 0.1) is 25.9 Å². The van der Waals surface area contributed by atoms with E-state index >= 15 is 0 Å². The first-order valence-corrected chi connectivity index (χ1v) is 6.52. The monoisotopic (exact) mass is 278 g/mol. The zero-order valence-corrected chi connectivity index (χ0v) is 11.1. The molecule has 1 aromatic rings. The summed E-state index contributed by atoms with van der Waals surface area (Å²) in [5.74, 6) is 0. The molecule has 7 nitrogen and oxygen atoms in total. The molecule has 1 aliphatic rings. The van der Waals surface area contributed by atoms with Gasteiger partial charge in [-0.3, -0.25) is 0 Å². The standard InChI is InChI=1S/C13H18N4O3/c14-16-15-9-12(18)13(19)10-3-1-2-4-11(10)17-5-7-20-8-6-17/h1-4,12-13,18-19H,5-9H2. The van der Waals surface area contributed by atoms with Gasteiger partial charge in [0.25, 0.3) is 0 Å². The molecule has 2 atom stereocenters. The second kappa shape index (κ2) is 7.12. The minimum atomic E-state index is -1.12. The van der Waals surface area contributed by atoms with Crippen LogP contribution in [0.15, 0.2) is 29.4 Å². The summed E-state index contributed by atoms with van der Waals surface area (Å²) in [6, 6.07) is 7.38. The molecule has 1 fully saturated rings. The van der Waals surface area contributed by atoms with E-state index in [-0.39, 0.29) is 6.54 Å². The van der Waals surface area contributed by atoms with Crippen molar-refractivity contribution < 1.29 is 14.9 Å². The molecular formula is C13H18N4O3. The largest absolute Gasteiger partial charge is 0.390 e. The van der Waals surface area contributed by atoms with E-state index in [0.29, 0.717) is 18.8 Å². The molecule has 0 radical (unpaired) electrons. The van der Waals surface area contributed by atoms with Gasteiger partial charge in [0, 0.05) is 29.3 Å². The number of rotatable bonds is 5. The first-order valence-electron chi connectivity index (χ1n) is 6.52. The highest BCUT2D eigenvalue weighted by molar-refractivity contribution is 5.55. The SMILES string of the molecule is [N-]=[N+]=NCC(O)C(O)c1ccccc1N1CCOCC1. The van der Waals surface area contributed by atoms with Crippen LogP contribution < -0.4 is 4.90 Å². The van der Waals surface area contributed by atoms with Crippen molar-refractivity contribution in [2.45, 2.75) is 12.2 Å². The van der Waals surface area contributed by atoms with Gasteiger partial charge in [-0.15, -0.1) is 0 Å². The van der Waals surface area contributed by atoms with Crippen LogP contribution in [-0.2, 0) is 4.74 Å². The van der Waals surface area contributed by atoms with Gasteiger partial charge in [0.1, 0.15) is 6.10 Å². The molecule has 2 N–H and O–H groups in total. The molecule has 0 amide bonds. The highest BCUT2D eigenvalue weighted by Crippen LogP contribution is 2.29. The van der Waals surface area contributed by atoms with Gasteiger partial charge in [0.2, 0.25) is 0 Å². The van der Waals surface area contributed by atoms with E-state index in [1.54, 1.807) is 6.07 Å². The minimum absolute atomic E-state index is 0.158. The Balaban J connectivity index is 2.19. The number of aliphatic hydroxyl groups excluding tert-OH is 2. The van der Waals surface area contributed by atoms with Crippen LogP contribution in [0.2, 0.25) is 0 Å². The molecule has 0 aromatic heterocycles. The van der Waals surface area contributed by atoms with Crippen molar-refractivity contribution in [3.8, 4) is 0 Å². The number of anilines is 1. The summed E-state index contributed by atoms with van der Waals surface area (Å²) in [6.45, 7) is 2.62. The van der Waals surface area contributed by atoms with Crippen molar-refractivity contribution in [1.82, 2.24) is 0 Å².